The number of nitrogens with zero attached hydrogens (tertiary/aromatic N) is 2. The Kier molecular flexibility index (Phi) is 4.57. The predicted molar refractivity (Wildman–Crippen MR) is 104 cm³/mol. The van der Waals surface area contributed by atoms with Crippen molar-refractivity contribution < 1.29 is 0 Å². The number of hydrogen-bond acceptors (Lipinski definition) is 2. The summed E-state index contributed by atoms with van der Waals surface area (Å²) in [5.41, 5.74) is 2.62. The monoisotopic (exact) mass is 353 g/mol. The van der Waals surface area contributed by atoms with Crippen molar-refractivity contribution in [1.82, 2.24) is 14.8 Å². The van der Waals surface area contributed by atoms with Crippen LogP contribution in [0.2, 0.25) is 0 Å². The third-order valence-corrected chi connectivity index (χ3v) is 5.70. The fraction of sp³-hybridized carbons (Fsp3) is 0.400. The molecule has 25 heavy (non-hydrogen) atoms. The van der Waals surface area contributed by atoms with E-state index in [4.69, 9.17) is 12.2 Å². The van der Waals surface area contributed by atoms with Crippen LogP contribution in [-0.4, -0.2) is 34.2 Å². The first-order chi connectivity index (χ1) is 12.2. The average Bonchev–Trinajstić information content (AvgIpc) is 2.63. The quantitative estimate of drug-likeness (QED) is 0.860. The maximum atomic E-state index is 12.1. The van der Waals surface area contributed by atoms with Gasteiger partial charge in [-0.15, -0.1) is 0 Å². The van der Waals surface area contributed by atoms with E-state index < -0.39 is 0 Å². The van der Waals surface area contributed by atoms with Crippen LogP contribution in [0.4, 0.5) is 0 Å². The predicted octanol–water partition coefficient (Wildman–Crippen LogP) is 2.38. The van der Waals surface area contributed by atoms with Crippen LogP contribution in [0, 0.1) is 5.92 Å². The van der Waals surface area contributed by atoms with Gasteiger partial charge in [-0.05, 0) is 42.6 Å². The lowest BCUT2D eigenvalue weighted by atomic mass is 9.83. The van der Waals surface area contributed by atoms with E-state index in [-0.39, 0.29) is 5.56 Å². The molecule has 0 saturated carbocycles. The molecule has 4 nitrogen and oxygen atoms in total. The summed E-state index contributed by atoms with van der Waals surface area (Å²) >= 11 is 5.64. The van der Waals surface area contributed by atoms with Crippen molar-refractivity contribution in [3.8, 4) is 0 Å². The summed E-state index contributed by atoms with van der Waals surface area (Å²) < 4.78 is 1.96. The van der Waals surface area contributed by atoms with E-state index in [2.05, 4.69) is 40.5 Å². The Bertz CT molecular complexity index is 817. The van der Waals surface area contributed by atoms with Crippen molar-refractivity contribution in [1.29, 1.82) is 0 Å². The van der Waals surface area contributed by atoms with E-state index in [1.807, 2.05) is 16.7 Å². The largest absolute Gasteiger partial charge is 0.362 e. The highest BCUT2D eigenvalue weighted by atomic mass is 32.1. The minimum absolute atomic E-state index is 0.129. The van der Waals surface area contributed by atoms with Gasteiger partial charge in [0.2, 0.25) is 0 Å². The molecule has 1 aromatic carbocycles. The van der Waals surface area contributed by atoms with Crippen LogP contribution in [0.1, 0.15) is 23.6 Å². The van der Waals surface area contributed by atoms with Gasteiger partial charge in [0.1, 0.15) is 0 Å². The van der Waals surface area contributed by atoms with Crippen LogP contribution in [0.15, 0.2) is 53.3 Å². The Labute approximate surface area is 153 Å². The third-order valence-electron chi connectivity index (χ3n) is 5.30. The Morgan fingerprint density at radius 3 is 2.76 bits per heavy atom. The van der Waals surface area contributed by atoms with E-state index in [1.165, 1.54) is 11.3 Å². The highest BCUT2D eigenvalue weighted by molar-refractivity contribution is 7.80. The van der Waals surface area contributed by atoms with Crippen molar-refractivity contribution in [2.45, 2.75) is 25.3 Å². The molecule has 0 unspecified atom stereocenters. The number of aromatic nitrogens is 1. The highest BCUT2D eigenvalue weighted by Crippen LogP contribution is 2.34. The van der Waals surface area contributed by atoms with Crippen LogP contribution < -0.4 is 10.9 Å². The SMILES string of the molecule is O=c1cccc2n1C[C@@H]1C[C@@H]2CN(C(=S)NCCc2ccccc2)C1. The average molecular weight is 353 g/mol. The van der Waals surface area contributed by atoms with Gasteiger partial charge in [0.05, 0.1) is 0 Å². The number of pyridine rings is 1. The van der Waals surface area contributed by atoms with Gasteiger partial charge in [0, 0.05) is 43.9 Å². The fourth-order valence-electron chi connectivity index (χ4n) is 4.13. The molecule has 1 N–H and O–H groups in total. The molecular formula is C20H23N3OS. The fourth-order valence-corrected chi connectivity index (χ4v) is 4.38. The van der Waals surface area contributed by atoms with Gasteiger partial charge in [-0.25, -0.2) is 0 Å². The van der Waals surface area contributed by atoms with Gasteiger partial charge in [0.25, 0.3) is 5.56 Å². The van der Waals surface area contributed by atoms with E-state index in [0.29, 0.717) is 11.8 Å². The third kappa shape index (κ3) is 3.47. The topological polar surface area (TPSA) is 37.3 Å². The van der Waals surface area contributed by atoms with Crippen LogP contribution in [0.3, 0.4) is 0 Å². The summed E-state index contributed by atoms with van der Waals surface area (Å²) in [6.45, 7) is 3.50. The minimum atomic E-state index is 0.129. The van der Waals surface area contributed by atoms with Crippen molar-refractivity contribution >= 4 is 17.3 Å². The smallest absolute Gasteiger partial charge is 0.250 e. The summed E-state index contributed by atoms with van der Waals surface area (Å²) in [6.07, 6.45) is 2.13. The molecule has 130 valence electrons. The van der Waals surface area contributed by atoms with Crippen molar-refractivity contribution in [2.75, 3.05) is 19.6 Å². The summed E-state index contributed by atoms with van der Waals surface area (Å²) in [6, 6.07) is 16.1. The Morgan fingerprint density at radius 2 is 1.92 bits per heavy atom. The normalized spacial score (nSPS) is 21.5. The lowest BCUT2D eigenvalue weighted by molar-refractivity contribution is 0.177. The summed E-state index contributed by atoms with van der Waals surface area (Å²) in [4.78, 5) is 14.4. The lowest BCUT2D eigenvalue weighted by Gasteiger charge is -2.43. The van der Waals surface area contributed by atoms with Crippen molar-refractivity contribution in [3.05, 3.63) is 70.1 Å². The number of nitrogens with one attached hydrogen (secondary N) is 1. The van der Waals surface area contributed by atoms with E-state index in [9.17, 15) is 4.79 Å². The number of thiocarbonyl (C=S) groups is 1. The molecule has 0 spiro atoms. The van der Waals surface area contributed by atoms with E-state index >= 15 is 0 Å². The molecule has 4 rings (SSSR count). The second kappa shape index (κ2) is 7.00. The second-order valence-corrected chi connectivity index (χ2v) is 7.46. The van der Waals surface area contributed by atoms with Crippen LogP contribution in [-0.2, 0) is 13.0 Å². The standard InChI is InChI=1S/C20H23N3OS/c24-19-8-4-7-18-17-11-16(13-23(18)19)12-22(14-17)20(25)21-10-9-15-5-2-1-3-6-15/h1-8,16-17H,9-14H2,(H,21,25)/t16-,17-/m1/s1. The van der Waals surface area contributed by atoms with Crippen LogP contribution >= 0.6 is 12.2 Å². The van der Waals surface area contributed by atoms with Gasteiger partial charge < -0.3 is 14.8 Å². The molecular weight excluding hydrogens is 330 g/mol. The molecule has 0 aliphatic carbocycles. The zero-order valence-electron chi connectivity index (χ0n) is 14.2. The number of hydrogen-bond donors (Lipinski definition) is 1. The highest BCUT2D eigenvalue weighted by Gasteiger charge is 2.35. The molecule has 2 aliphatic rings. The first-order valence-electron chi connectivity index (χ1n) is 8.97. The molecule has 2 atom stereocenters. The summed E-state index contributed by atoms with van der Waals surface area (Å²) in [5, 5.41) is 4.26. The summed E-state index contributed by atoms with van der Waals surface area (Å²) in [7, 11) is 0. The summed E-state index contributed by atoms with van der Waals surface area (Å²) in [5.74, 6) is 0.899. The number of fused-ring (bicyclic) bond motifs is 4. The maximum Gasteiger partial charge on any atom is 0.250 e. The minimum Gasteiger partial charge on any atom is -0.362 e. The zero-order valence-corrected chi connectivity index (χ0v) is 15.0. The molecule has 1 fully saturated rings. The van der Waals surface area contributed by atoms with Crippen molar-refractivity contribution in [3.63, 3.8) is 0 Å². The Hall–Kier alpha value is -2.14. The van der Waals surface area contributed by atoms with Gasteiger partial charge in [0.15, 0.2) is 5.11 Å². The molecule has 2 bridgehead atoms. The van der Waals surface area contributed by atoms with Gasteiger partial charge in [-0.2, -0.15) is 0 Å². The number of benzene rings is 1. The molecule has 2 aliphatic heterocycles. The van der Waals surface area contributed by atoms with Gasteiger partial charge in [-0.3, -0.25) is 4.79 Å². The second-order valence-electron chi connectivity index (χ2n) is 7.07. The zero-order chi connectivity index (χ0) is 17.2. The van der Waals surface area contributed by atoms with E-state index in [1.54, 1.807) is 6.07 Å². The molecule has 3 heterocycles. The first-order valence-corrected chi connectivity index (χ1v) is 9.38. The van der Waals surface area contributed by atoms with Crippen LogP contribution in [0.25, 0.3) is 0 Å². The molecule has 1 saturated heterocycles. The molecule has 1 aromatic heterocycles. The van der Waals surface area contributed by atoms with Gasteiger partial charge >= 0.3 is 0 Å². The van der Waals surface area contributed by atoms with Crippen LogP contribution in [0.5, 0.6) is 0 Å². The Balaban J connectivity index is 1.38. The molecule has 5 heteroatoms. The molecule has 2 aromatic rings. The van der Waals surface area contributed by atoms with Crippen molar-refractivity contribution in [2.24, 2.45) is 5.92 Å². The lowest BCUT2D eigenvalue weighted by Crippen LogP contribution is -2.52. The number of likely N-dealkylation sites (tertiary alicyclic amines) is 1. The van der Waals surface area contributed by atoms with E-state index in [0.717, 1.165) is 44.1 Å². The van der Waals surface area contributed by atoms with Gasteiger partial charge in [-0.1, -0.05) is 36.4 Å². The first kappa shape index (κ1) is 16.3. The number of rotatable bonds is 3. The molecule has 0 amide bonds. The Morgan fingerprint density at radius 1 is 1.08 bits per heavy atom. The maximum absolute atomic E-state index is 12.1. The molecule has 0 radical (unpaired) electrons. The number of piperidine rings is 1.